The van der Waals surface area contributed by atoms with Crippen molar-refractivity contribution < 1.29 is 21.8 Å². The molecule has 0 fully saturated rings. The second-order valence-corrected chi connectivity index (χ2v) is 7.46. The number of hydrogen-bond acceptors (Lipinski definition) is 4. The van der Waals surface area contributed by atoms with Gasteiger partial charge in [0.15, 0.2) is 5.78 Å². The van der Waals surface area contributed by atoms with E-state index in [2.05, 4.69) is 0 Å². The van der Waals surface area contributed by atoms with E-state index in [9.17, 15) is 17.1 Å². The average Bonchev–Trinajstić information content (AvgIpc) is 2.51. The molecule has 0 aliphatic rings. The van der Waals surface area contributed by atoms with Crippen molar-refractivity contribution in [2.24, 2.45) is 0 Å². The summed E-state index contributed by atoms with van der Waals surface area (Å²) < 4.78 is 42.3. The van der Waals surface area contributed by atoms with Crippen LogP contribution < -0.4 is 4.74 Å². The minimum absolute atomic E-state index is 0.195. The fourth-order valence-electron chi connectivity index (χ4n) is 3.23. The van der Waals surface area contributed by atoms with Gasteiger partial charge < -0.3 is 4.74 Å². The van der Waals surface area contributed by atoms with Gasteiger partial charge in [-0.05, 0) is 79.3 Å². The number of methoxy groups -OCH3 is 1. The average molecular weight is 376 g/mol. The van der Waals surface area contributed by atoms with E-state index < -0.39 is 10.2 Å². The van der Waals surface area contributed by atoms with Gasteiger partial charge in [0.05, 0.1) is 7.11 Å². The highest BCUT2D eigenvalue weighted by molar-refractivity contribution is 7.86. The van der Waals surface area contributed by atoms with E-state index in [1.54, 1.807) is 51.3 Å². The molecular formula is C20H21FO4S. The maximum Gasteiger partial charge on any atom is 0.332 e. The largest absolute Gasteiger partial charge is 0.497 e. The van der Waals surface area contributed by atoms with E-state index in [0.717, 1.165) is 5.56 Å². The van der Waals surface area contributed by atoms with Gasteiger partial charge in [0, 0.05) is 0 Å². The SMILES string of the molecule is COc1ccc(/C(=C/C(C)=O)c2c(C)cc(C)c(S(=O)(=O)F)c2C)cc1. The number of ether oxygens (including phenoxy) is 1. The van der Waals surface area contributed by atoms with Gasteiger partial charge >= 0.3 is 10.2 Å². The number of aryl methyl sites for hydroxylation is 2. The predicted octanol–water partition coefficient (Wildman–Crippen LogP) is 4.30. The van der Waals surface area contributed by atoms with E-state index in [4.69, 9.17) is 4.74 Å². The lowest BCUT2D eigenvalue weighted by Crippen LogP contribution is -2.06. The Hall–Kier alpha value is -2.47. The van der Waals surface area contributed by atoms with Crippen molar-refractivity contribution >= 4 is 21.6 Å². The van der Waals surface area contributed by atoms with Crippen molar-refractivity contribution in [3.05, 3.63) is 64.2 Å². The zero-order valence-electron chi connectivity index (χ0n) is 15.4. The van der Waals surface area contributed by atoms with Gasteiger partial charge in [-0.25, -0.2) is 0 Å². The Balaban J connectivity index is 2.84. The van der Waals surface area contributed by atoms with Crippen LogP contribution in [0.15, 0.2) is 41.3 Å². The molecule has 0 saturated heterocycles. The lowest BCUT2D eigenvalue weighted by atomic mass is 9.89. The molecule has 0 spiro atoms. The number of benzene rings is 2. The summed E-state index contributed by atoms with van der Waals surface area (Å²) in [6.07, 6.45) is 1.43. The van der Waals surface area contributed by atoms with Gasteiger partial charge in [0.2, 0.25) is 0 Å². The molecule has 0 aromatic heterocycles. The molecule has 0 aliphatic carbocycles. The molecule has 2 aromatic carbocycles. The van der Waals surface area contributed by atoms with Crippen LogP contribution in [0, 0.1) is 20.8 Å². The number of rotatable bonds is 5. The molecule has 2 aromatic rings. The van der Waals surface area contributed by atoms with Crippen molar-refractivity contribution in [2.45, 2.75) is 32.6 Å². The molecule has 0 atom stereocenters. The quantitative estimate of drug-likeness (QED) is 0.577. The summed E-state index contributed by atoms with van der Waals surface area (Å²) in [5.74, 6) is 0.458. The van der Waals surface area contributed by atoms with E-state index in [0.29, 0.717) is 28.0 Å². The molecule has 0 N–H and O–H groups in total. The Morgan fingerprint density at radius 3 is 2.12 bits per heavy atom. The Labute approximate surface area is 153 Å². The first-order valence-electron chi connectivity index (χ1n) is 7.98. The third kappa shape index (κ3) is 4.02. The number of allylic oxidation sites excluding steroid dienone is 1. The molecule has 0 aliphatic heterocycles. The van der Waals surface area contributed by atoms with Crippen molar-refractivity contribution in [1.82, 2.24) is 0 Å². The molecule has 4 nitrogen and oxygen atoms in total. The normalized spacial score (nSPS) is 12.2. The molecule has 26 heavy (non-hydrogen) atoms. The summed E-state index contributed by atoms with van der Waals surface area (Å²) in [6.45, 7) is 6.33. The number of ketones is 1. The van der Waals surface area contributed by atoms with Gasteiger partial charge in [-0.1, -0.05) is 18.2 Å². The smallest absolute Gasteiger partial charge is 0.332 e. The third-order valence-electron chi connectivity index (χ3n) is 4.16. The monoisotopic (exact) mass is 376 g/mol. The molecule has 0 saturated carbocycles. The fourth-order valence-corrected chi connectivity index (χ4v) is 4.14. The molecule has 0 heterocycles. The van der Waals surface area contributed by atoms with Crippen molar-refractivity contribution in [3.63, 3.8) is 0 Å². The number of hydrogen-bond donors (Lipinski definition) is 0. The third-order valence-corrected chi connectivity index (χ3v) is 5.28. The molecule has 6 heteroatoms. The maximum atomic E-state index is 13.9. The number of carbonyl (C=O) groups excluding carboxylic acids is 1. The summed E-state index contributed by atoms with van der Waals surface area (Å²) in [7, 11) is -3.34. The summed E-state index contributed by atoms with van der Waals surface area (Å²) in [5.41, 5.74) is 3.16. The second-order valence-electron chi connectivity index (χ2n) is 6.17. The van der Waals surface area contributed by atoms with Crippen LogP contribution in [0.25, 0.3) is 5.57 Å². The fraction of sp³-hybridized carbons (Fsp3) is 0.250. The molecule has 0 radical (unpaired) electrons. The first-order valence-corrected chi connectivity index (χ1v) is 9.37. The van der Waals surface area contributed by atoms with Gasteiger partial charge in [0.25, 0.3) is 0 Å². The Bertz CT molecular complexity index is 987. The van der Waals surface area contributed by atoms with E-state index >= 15 is 0 Å². The first kappa shape index (κ1) is 19.8. The molecular weight excluding hydrogens is 355 g/mol. The Kier molecular flexibility index (Phi) is 5.66. The topological polar surface area (TPSA) is 60.4 Å². The van der Waals surface area contributed by atoms with Crippen LogP contribution in [-0.4, -0.2) is 21.3 Å². The summed E-state index contributed by atoms with van der Waals surface area (Å²) in [4.78, 5) is 11.5. The zero-order valence-corrected chi connectivity index (χ0v) is 16.2. The van der Waals surface area contributed by atoms with Gasteiger partial charge in [0.1, 0.15) is 10.6 Å². The highest BCUT2D eigenvalue weighted by atomic mass is 32.3. The van der Waals surface area contributed by atoms with Crippen LogP contribution in [0.5, 0.6) is 5.75 Å². The lowest BCUT2D eigenvalue weighted by Gasteiger charge is -2.18. The maximum absolute atomic E-state index is 13.9. The highest BCUT2D eigenvalue weighted by Gasteiger charge is 2.24. The minimum atomic E-state index is -4.89. The summed E-state index contributed by atoms with van der Waals surface area (Å²) in [5, 5.41) is 0. The van der Waals surface area contributed by atoms with E-state index in [1.165, 1.54) is 13.0 Å². The van der Waals surface area contributed by atoms with E-state index in [-0.39, 0.29) is 16.2 Å². The lowest BCUT2D eigenvalue weighted by molar-refractivity contribution is -0.112. The minimum Gasteiger partial charge on any atom is -0.497 e. The zero-order chi connectivity index (χ0) is 19.6. The Morgan fingerprint density at radius 1 is 1.08 bits per heavy atom. The van der Waals surface area contributed by atoms with Crippen molar-refractivity contribution in [1.29, 1.82) is 0 Å². The molecule has 0 bridgehead atoms. The molecule has 2 rings (SSSR count). The molecule has 138 valence electrons. The van der Waals surface area contributed by atoms with Gasteiger partial charge in [-0.15, -0.1) is 3.89 Å². The van der Waals surface area contributed by atoms with Crippen molar-refractivity contribution in [2.75, 3.05) is 7.11 Å². The predicted molar refractivity (Wildman–Crippen MR) is 99.7 cm³/mol. The van der Waals surface area contributed by atoms with Crippen LogP contribution in [0.1, 0.15) is 34.7 Å². The summed E-state index contributed by atoms with van der Waals surface area (Å²) in [6, 6.07) is 8.65. The van der Waals surface area contributed by atoms with Crippen molar-refractivity contribution in [3.8, 4) is 5.75 Å². The van der Waals surface area contributed by atoms with Gasteiger partial charge in [-0.3, -0.25) is 4.79 Å². The van der Waals surface area contributed by atoms with Crippen LogP contribution >= 0.6 is 0 Å². The van der Waals surface area contributed by atoms with Crippen LogP contribution in [0.4, 0.5) is 3.89 Å². The first-order chi connectivity index (χ1) is 12.1. The van der Waals surface area contributed by atoms with Crippen LogP contribution in [0.3, 0.4) is 0 Å². The highest BCUT2D eigenvalue weighted by Crippen LogP contribution is 2.35. The van der Waals surface area contributed by atoms with Crippen LogP contribution in [-0.2, 0) is 15.0 Å². The number of carbonyl (C=O) groups is 1. The van der Waals surface area contributed by atoms with E-state index in [1.807, 2.05) is 6.92 Å². The standard InChI is InChI=1S/C20H21FO4S/c1-12-10-13(2)20(26(21,23)24)15(4)19(12)18(11-14(3)22)16-6-8-17(25-5)9-7-16/h6-11H,1-5H3/b18-11-. The van der Waals surface area contributed by atoms with Crippen LogP contribution in [0.2, 0.25) is 0 Å². The summed E-state index contributed by atoms with van der Waals surface area (Å²) >= 11 is 0. The Morgan fingerprint density at radius 2 is 1.65 bits per heavy atom. The molecule has 0 unspecified atom stereocenters. The number of halogens is 1. The van der Waals surface area contributed by atoms with Gasteiger partial charge in [-0.2, -0.15) is 8.42 Å². The second kappa shape index (κ2) is 7.41. The molecule has 0 amide bonds.